The number of rotatable bonds is 9. The topological polar surface area (TPSA) is 76.9 Å². The zero-order chi connectivity index (χ0) is 20.6. The highest BCUT2D eigenvalue weighted by Crippen LogP contribution is 2.30. The van der Waals surface area contributed by atoms with E-state index in [0.29, 0.717) is 35.3 Å². The van der Waals surface area contributed by atoms with Gasteiger partial charge in [0, 0.05) is 46.5 Å². The molecule has 2 heterocycles. The fourth-order valence-corrected chi connectivity index (χ4v) is 4.86. The number of halogens is 2. The Bertz CT molecular complexity index is 1040. The van der Waals surface area contributed by atoms with Gasteiger partial charge in [0.05, 0.1) is 12.1 Å². The van der Waals surface area contributed by atoms with Gasteiger partial charge in [-0.3, -0.25) is 9.59 Å². The maximum absolute atomic E-state index is 12.1. The molecule has 1 amide bonds. The summed E-state index contributed by atoms with van der Waals surface area (Å²) in [7, 11) is 0. The first-order valence-corrected chi connectivity index (χ1v) is 11.4. The lowest BCUT2D eigenvalue weighted by molar-refractivity contribution is -0.120. The smallest absolute Gasteiger partial charge is 0.266 e. The highest BCUT2D eigenvalue weighted by Gasteiger charge is 2.09. The van der Waals surface area contributed by atoms with E-state index in [1.165, 1.54) is 22.1 Å². The predicted molar refractivity (Wildman–Crippen MR) is 118 cm³/mol. The zero-order valence-corrected chi connectivity index (χ0v) is 18.5. The predicted octanol–water partition coefficient (Wildman–Crippen LogP) is 4.05. The van der Waals surface area contributed by atoms with Crippen LogP contribution in [0.2, 0.25) is 10.0 Å². The highest BCUT2D eigenvalue weighted by atomic mass is 35.5. The van der Waals surface area contributed by atoms with E-state index in [1.54, 1.807) is 30.1 Å². The number of hydrogen-bond acceptors (Lipinski definition) is 6. The number of thioether (sulfide) groups is 1. The van der Waals surface area contributed by atoms with Crippen LogP contribution in [0.3, 0.4) is 0 Å². The molecule has 0 aliphatic carbocycles. The molecule has 0 radical (unpaired) electrons. The molecule has 0 aliphatic rings. The Morgan fingerprint density at radius 2 is 2.14 bits per heavy atom. The normalized spacial score (nSPS) is 10.8. The van der Waals surface area contributed by atoms with Gasteiger partial charge < -0.3 is 5.32 Å². The van der Waals surface area contributed by atoms with Gasteiger partial charge in [0.1, 0.15) is 4.34 Å². The molecule has 0 atom stereocenters. The molecule has 6 nitrogen and oxygen atoms in total. The summed E-state index contributed by atoms with van der Waals surface area (Å²) in [6.45, 7) is 0.938. The van der Waals surface area contributed by atoms with Crippen LogP contribution in [0.25, 0.3) is 0 Å². The first-order chi connectivity index (χ1) is 14.0. The van der Waals surface area contributed by atoms with Crippen molar-refractivity contribution in [1.82, 2.24) is 20.1 Å². The van der Waals surface area contributed by atoms with Crippen molar-refractivity contribution in [2.45, 2.75) is 29.5 Å². The van der Waals surface area contributed by atoms with E-state index in [0.717, 1.165) is 15.6 Å². The molecule has 152 valence electrons. The Balaban J connectivity index is 1.40. The summed E-state index contributed by atoms with van der Waals surface area (Å²) < 4.78 is 2.26. The van der Waals surface area contributed by atoms with Crippen LogP contribution in [0.5, 0.6) is 0 Å². The molecule has 0 saturated heterocycles. The number of thiazole rings is 1. The molecule has 0 spiro atoms. The molecular formula is C19H18Cl2N4O2S2. The monoisotopic (exact) mass is 468 g/mol. The summed E-state index contributed by atoms with van der Waals surface area (Å²) in [5.74, 6) is 0.586. The molecule has 0 unspecified atom stereocenters. The second-order valence-corrected chi connectivity index (χ2v) is 9.02. The third kappa shape index (κ3) is 6.85. The maximum Gasteiger partial charge on any atom is 0.266 e. The fraction of sp³-hybridized carbons (Fsp3) is 0.263. The molecule has 29 heavy (non-hydrogen) atoms. The van der Waals surface area contributed by atoms with Crippen LogP contribution in [0.15, 0.2) is 51.0 Å². The lowest BCUT2D eigenvalue weighted by Crippen LogP contribution is -2.28. The first kappa shape index (κ1) is 21.8. The minimum atomic E-state index is -0.147. The summed E-state index contributed by atoms with van der Waals surface area (Å²) in [6, 6.07) is 8.50. The summed E-state index contributed by atoms with van der Waals surface area (Å²) in [6.07, 6.45) is 2.42. The number of benzene rings is 1. The van der Waals surface area contributed by atoms with E-state index >= 15 is 0 Å². The Hall–Kier alpha value is -1.87. The van der Waals surface area contributed by atoms with Crippen LogP contribution in [0, 0.1) is 0 Å². The molecule has 1 N–H and O–H groups in total. The van der Waals surface area contributed by atoms with Crippen LogP contribution < -0.4 is 10.9 Å². The lowest BCUT2D eigenvalue weighted by atomic mass is 10.2. The van der Waals surface area contributed by atoms with Crippen molar-refractivity contribution in [1.29, 1.82) is 0 Å². The number of nitrogens with zero attached hydrogens (tertiary/aromatic N) is 3. The van der Waals surface area contributed by atoms with Crippen molar-refractivity contribution < 1.29 is 4.79 Å². The number of aromatic nitrogens is 3. The van der Waals surface area contributed by atoms with E-state index in [9.17, 15) is 9.59 Å². The molecular weight excluding hydrogens is 451 g/mol. The Kier molecular flexibility index (Phi) is 8.11. The Morgan fingerprint density at radius 3 is 2.93 bits per heavy atom. The molecule has 2 aromatic heterocycles. The van der Waals surface area contributed by atoms with Crippen LogP contribution >= 0.6 is 46.3 Å². The number of nitrogens with one attached hydrogen (secondary N) is 1. The molecule has 3 rings (SSSR count). The summed E-state index contributed by atoms with van der Waals surface area (Å²) in [5.41, 5.74) is 1.58. The van der Waals surface area contributed by atoms with Crippen molar-refractivity contribution >= 4 is 52.2 Å². The Labute approximate surface area is 186 Å². The molecule has 0 fully saturated rings. The third-order valence-electron chi connectivity index (χ3n) is 3.89. The standard InChI is InChI=1S/C19H18Cl2N4O2S2/c20-14-5-4-13(16(21)9-14)11-28-19-24-15(12-29-19)10-17(26)22-6-2-8-25-18(27)3-1-7-23-25/h1,3-5,7,9,12H,2,6,8,10-11H2,(H,22,26). The number of amides is 1. The average Bonchev–Trinajstić information content (AvgIpc) is 3.13. The largest absolute Gasteiger partial charge is 0.356 e. The van der Waals surface area contributed by atoms with E-state index in [1.807, 2.05) is 17.5 Å². The minimum absolute atomic E-state index is 0.0963. The van der Waals surface area contributed by atoms with Gasteiger partial charge in [-0.1, -0.05) is 41.0 Å². The fourth-order valence-electron chi connectivity index (χ4n) is 2.45. The summed E-state index contributed by atoms with van der Waals surface area (Å²) >= 11 is 15.2. The number of carbonyl (C=O) groups excluding carboxylic acids is 1. The third-order valence-corrected chi connectivity index (χ3v) is 6.60. The summed E-state index contributed by atoms with van der Waals surface area (Å²) in [5, 5.41) is 9.96. The van der Waals surface area contributed by atoms with E-state index < -0.39 is 0 Å². The highest BCUT2D eigenvalue weighted by molar-refractivity contribution is 8.00. The molecule has 10 heteroatoms. The van der Waals surface area contributed by atoms with Gasteiger partial charge in [-0.15, -0.1) is 11.3 Å². The first-order valence-electron chi connectivity index (χ1n) is 8.81. The van der Waals surface area contributed by atoms with Crippen molar-refractivity contribution in [3.05, 3.63) is 73.6 Å². The SMILES string of the molecule is O=C(Cc1csc(SCc2ccc(Cl)cc2Cl)n1)NCCCn1ncccc1=O. The van der Waals surface area contributed by atoms with Crippen molar-refractivity contribution in [2.24, 2.45) is 0 Å². The molecule has 0 aliphatic heterocycles. The lowest BCUT2D eigenvalue weighted by Gasteiger charge is -2.05. The number of aryl methyl sites for hydroxylation is 1. The molecule has 0 saturated carbocycles. The van der Waals surface area contributed by atoms with Gasteiger partial charge in [0.2, 0.25) is 5.91 Å². The van der Waals surface area contributed by atoms with Gasteiger partial charge in [0.25, 0.3) is 5.56 Å². The number of hydrogen-bond donors (Lipinski definition) is 1. The average molecular weight is 469 g/mol. The molecule has 0 bridgehead atoms. The maximum atomic E-state index is 12.1. The second-order valence-electron chi connectivity index (χ2n) is 6.09. The van der Waals surface area contributed by atoms with Crippen LogP contribution in [-0.4, -0.2) is 27.2 Å². The van der Waals surface area contributed by atoms with E-state index in [-0.39, 0.29) is 17.9 Å². The minimum Gasteiger partial charge on any atom is -0.356 e. The zero-order valence-electron chi connectivity index (χ0n) is 15.3. The van der Waals surface area contributed by atoms with E-state index in [2.05, 4.69) is 15.4 Å². The van der Waals surface area contributed by atoms with Crippen molar-refractivity contribution in [2.75, 3.05) is 6.54 Å². The van der Waals surface area contributed by atoms with Gasteiger partial charge in [-0.25, -0.2) is 9.67 Å². The van der Waals surface area contributed by atoms with Crippen LogP contribution in [0.1, 0.15) is 17.7 Å². The molecule has 1 aromatic carbocycles. The van der Waals surface area contributed by atoms with E-state index in [4.69, 9.17) is 23.2 Å². The van der Waals surface area contributed by atoms with Crippen LogP contribution in [-0.2, 0) is 23.5 Å². The second kappa shape index (κ2) is 10.8. The van der Waals surface area contributed by atoms with Gasteiger partial charge in [-0.2, -0.15) is 5.10 Å². The van der Waals surface area contributed by atoms with Gasteiger partial charge >= 0.3 is 0 Å². The Morgan fingerprint density at radius 1 is 1.28 bits per heavy atom. The number of carbonyl (C=O) groups is 1. The van der Waals surface area contributed by atoms with Crippen molar-refractivity contribution in [3.63, 3.8) is 0 Å². The quantitative estimate of drug-likeness (QED) is 0.378. The van der Waals surface area contributed by atoms with Crippen molar-refractivity contribution in [3.8, 4) is 0 Å². The van der Waals surface area contributed by atoms with Gasteiger partial charge in [0.15, 0.2) is 0 Å². The van der Waals surface area contributed by atoms with Crippen LogP contribution in [0.4, 0.5) is 0 Å². The summed E-state index contributed by atoms with van der Waals surface area (Å²) in [4.78, 5) is 28.1. The molecule has 3 aromatic rings. The van der Waals surface area contributed by atoms with Gasteiger partial charge in [-0.05, 0) is 30.2 Å².